The molecule has 0 aromatic heterocycles. The number of nitrogens with one attached hydrogen (secondary N) is 1. The molecule has 2 rings (SSSR count). The molecule has 4 heteroatoms. The maximum atomic E-state index is 12.1. The van der Waals surface area contributed by atoms with Crippen LogP contribution >= 0.6 is 23.2 Å². The Labute approximate surface area is 128 Å². The monoisotopic (exact) mass is 307 g/mol. The Kier molecular flexibility index (Phi) is 4.69. The van der Waals surface area contributed by atoms with E-state index in [9.17, 15) is 4.79 Å². The van der Waals surface area contributed by atoms with Crippen molar-refractivity contribution in [3.05, 3.63) is 63.6 Å². The largest absolute Gasteiger partial charge is 0.322 e. The van der Waals surface area contributed by atoms with Crippen molar-refractivity contribution in [3.8, 4) is 0 Å². The number of halogens is 2. The van der Waals surface area contributed by atoms with Crippen molar-refractivity contribution in [1.82, 2.24) is 0 Å². The molecule has 2 aromatic carbocycles. The zero-order chi connectivity index (χ0) is 14.7. The molecule has 0 heterocycles. The molecule has 0 bridgehead atoms. The summed E-state index contributed by atoms with van der Waals surface area (Å²) < 4.78 is 0. The molecule has 20 heavy (non-hydrogen) atoms. The fourth-order valence-electron chi connectivity index (χ4n) is 1.82. The summed E-state index contributed by atoms with van der Waals surface area (Å²) in [6.07, 6.45) is 0. The molecule has 0 aliphatic heterocycles. The first-order valence-corrected chi connectivity index (χ1v) is 7.09. The van der Waals surface area contributed by atoms with Gasteiger partial charge in [0.15, 0.2) is 0 Å². The van der Waals surface area contributed by atoms with Gasteiger partial charge in [-0.1, -0.05) is 49.2 Å². The van der Waals surface area contributed by atoms with Crippen LogP contribution in [0.3, 0.4) is 0 Å². The first kappa shape index (κ1) is 14.9. The molecule has 1 amide bonds. The molecule has 104 valence electrons. The van der Waals surface area contributed by atoms with E-state index in [1.165, 1.54) is 5.56 Å². The van der Waals surface area contributed by atoms with E-state index in [2.05, 4.69) is 19.2 Å². The quantitative estimate of drug-likeness (QED) is 0.811. The van der Waals surface area contributed by atoms with Gasteiger partial charge < -0.3 is 5.32 Å². The standard InChI is InChI=1S/C16H15Cl2NO/c1-10(2)11-3-6-13(7-4-11)19-16(20)14-8-5-12(17)9-15(14)18/h3-10H,1-2H3,(H,19,20). The summed E-state index contributed by atoms with van der Waals surface area (Å²) in [6, 6.07) is 12.6. The zero-order valence-corrected chi connectivity index (χ0v) is 12.8. The first-order chi connectivity index (χ1) is 9.47. The van der Waals surface area contributed by atoms with Gasteiger partial charge in [0.2, 0.25) is 0 Å². The van der Waals surface area contributed by atoms with Gasteiger partial charge in [-0.05, 0) is 41.8 Å². The van der Waals surface area contributed by atoms with Crippen LogP contribution in [0.5, 0.6) is 0 Å². The average Bonchev–Trinajstić information content (AvgIpc) is 2.39. The van der Waals surface area contributed by atoms with E-state index in [4.69, 9.17) is 23.2 Å². The first-order valence-electron chi connectivity index (χ1n) is 6.33. The van der Waals surface area contributed by atoms with E-state index in [1.807, 2.05) is 24.3 Å². The highest BCUT2D eigenvalue weighted by molar-refractivity contribution is 6.37. The van der Waals surface area contributed by atoms with Crippen LogP contribution in [-0.4, -0.2) is 5.91 Å². The van der Waals surface area contributed by atoms with Gasteiger partial charge in [-0.2, -0.15) is 0 Å². The fourth-order valence-corrected chi connectivity index (χ4v) is 2.32. The summed E-state index contributed by atoms with van der Waals surface area (Å²) >= 11 is 11.8. The van der Waals surface area contributed by atoms with E-state index in [1.54, 1.807) is 18.2 Å². The summed E-state index contributed by atoms with van der Waals surface area (Å²) in [5.74, 6) is 0.217. The van der Waals surface area contributed by atoms with Crippen LogP contribution in [0.2, 0.25) is 10.0 Å². The lowest BCUT2D eigenvalue weighted by molar-refractivity contribution is 0.102. The summed E-state index contributed by atoms with van der Waals surface area (Å²) in [5, 5.41) is 3.67. The Balaban J connectivity index is 2.15. The van der Waals surface area contributed by atoms with Crippen molar-refractivity contribution < 1.29 is 4.79 Å². The summed E-state index contributed by atoms with van der Waals surface area (Å²) in [7, 11) is 0. The molecule has 0 unspecified atom stereocenters. The zero-order valence-electron chi connectivity index (χ0n) is 11.3. The third-order valence-corrected chi connectivity index (χ3v) is 3.56. The van der Waals surface area contributed by atoms with Crippen molar-refractivity contribution in [1.29, 1.82) is 0 Å². The molecule has 0 aliphatic rings. The Hall–Kier alpha value is -1.51. The van der Waals surface area contributed by atoms with Crippen molar-refractivity contribution in [3.63, 3.8) is 0 Å². The van der Waals surface area contributed by atoms with Gasteiger partial charge in [-0.25, -0.2) is 0 Å². The van der Waals surface area contributed by atoms with Crippen LogP contribution < -0.4 is 5.32 Å². The molecule has 0 spiro atoms. The lowest BCUT2D eigenvalue weighted by Gasteiger charge is -2.09. The molecule has 0 radical (unpaired) electrons. The van der Waals surface area contributed by atoms with E-state index in [-0.39, 0.29) is 5.91 Å². The molecule has 0 aliphatic carbocycles. The third kappa shape index (κ3) is 3.53. The molecule has 0 saturated heterocycles. The van der Waals surface area contributed by atoms with Crippen molar-refractivity contribution in [2.45, 2.75) is 19.8 Å². The number of benzene rings is 2. The average molecular weight is 308 g/mol. The highest BCUT2D eigenvalue weighted by Crippen LogP contribution is 2.23. The third-order valence-electron chi connectivity index (χ3n) is 3.01. The smallest absolute Gasteiger partial charge is 0.257 e. The summed E-state index contributed by atoms with van der Waals surface area (Å²) in [5.41, 5.74) is 2.38. The summed E-state index contributed by atoms with van der Waals surface area (Å²) in [4.78, 5) is 12.1. The molecule has 1 N–H and O–H groups in total. The normalized spacial score (nSPS) is 10.7. The number of carbonyl (C=O) groups excluding carboxylic acids is 1. The Morgan fingerprint density at radius 2 is 1.70 bits per heavy atom. The van der Waals surface area contributed by atoms with Crippen LogP contribution in [0.1, 0.15) is 35.7 Å². The van der Waals surface area contributed by atoms with E-state index in [0.717, 1.165) is 5.69 Å². The second-order valence-electron chi connectivity index (χ2n) is 4.86. The van der Waals surface area contributed by atoms with Gasteiger partial charge in [0.1, 0.15) is 0 Å². The SMILES string of the molecule is CC(C)c1ccc(NC(=O)c2ccc(Cl)cc2Cl)cc1. The highest BCUT2D eigenvalue weighted by Gasteiger charge is 2.11. The Morgan fingerprint density at radius 3 is 2.25 bits per heavy atom. The van der Waals surface area contributed by atoms with Gasteiger partial charge in [0.25, 0.3) is 5.91 Å². The van der Waals surface area contributed by atoms with Crippen molar-refractivity contribution in [2.75, 3.05) is 5.32 Å². The molecule has 0 fully saturated rings. The van der Waals surface area contributed by atoms with Gasteiger partial charge in [-0.15, -0.1) is 0 Å². The van der Waals surface area contributed by atoms with Crippen molar-refractivity contribution >= 4 is 34.8 Å². The van der Waals surface area contributed by atoms with Crippen LogP contribution in [0, 0.1) is 0 Å². The number of carbonyl (C=O) groups is 1. The molecular formula is C16H15Cl2NO. The number of rotatable bonds is 3. The minimum atomic E-state index is -0.246. The molecule has 0 atom stereocenters. The van der Waals surface area contributed by atoms with Crippen molar-refractivity contribution in [2.24, 2.45) is 0 Å². The van der Waals surface area contributed by atoms with Crippen LogP contribution in [0.15, 0.2) is 42.5 Å². The fraction of sp³-hybridized carbons (Fsp3) is 0.188. The highest BCUT2D eigenvalue weighted by atomic mass is 35.5. The molecule has 0 saturated carbocycles. The van der Waals surface area contributed by atoms with Gasteiger partial charge in [0, 0.05) is 10.7 Å². The number of hydrogen-bond donors (Lipinski definition) is 1. The Bertz CT molecular complexity index is 621. The second-order valence-corrected chi connectivity index (χ2v) is 5.70. The van der Waals surface area contributed by atoms with Gasteiger partial charge in [0.05, 0.1) is 10.6 Å². The topological polar surface area (TPSA) is 29.1 Å². The lowest BCUT2D eigenvalue weighted by atomic mass is 10.0. The molecular weight excluding hydrogens is 293 g/mol. The molecule has 2 aromatic rings. The van der Waals surface area contributed by atoms with Gasteiger partial charge in [-0.3, -0.25) is 4.79 Å². The maximum Gasteiger partial charge on any atom is 0.257 e. The van der Waals surface area contributed by atoms with E-state index >= 15 is 0 Å². The number of hydrogen-bond acceptors (Lipinski definition) is 1. The van der Waals surface area contributed by atoms with Gasteiger partial charge >= 0.3 is 0 Å². The number of anilines is 1. The van der Waals surface area contributed by atoms with Crippen LogP contribution in [-0.2, 0) is 0 Å². The molecule has 2 nitrogen and oxygen atoms in total. The second kappa shape index (κ2) is 6.29. The maximum absolute atomic E-state index is 12.1. The van der Waals surface area contributed by atoms with Crippen LogP contribution in [0.4, 0.5) is 5.69 Å². The van der Waals surface area contributed by atoms with E-state index < -0.39 is 0 Å². The predicted molar refractivity (Wildman–Crippen MR) is 84.9 cm³/mol. The van der Waals surface area contributed by atoms with Crippen LogP contribution in [0.25, 0.3) is 0 Å². The minimum absolute atomic E-state index is 0.246. The van der Waals surface area contributed by atoms with E-state index in [0.29, 0.717) is 21.5 Å². The summed E-state index contributed by atoms with van der Waals surface area (Å²) in [6.45, 7) is 4.25. The minimum Gasteiger partial charge on any atom is -0.322 e. The Morgan fingerprint density at radius 1 is 1.05 bits per heavy atom. The lowest BCUT2D eigenvalue weighted by Crippen LogP contribution is -2.12. The number of amides is 1. The predicted octanol–water partition coefficient (Wildman–Crippen LogP) is 5.37.